The molecular formula is C9H20I2N2O. The molecule has 0 spiro atoms. The van der Waals surface area contributed by atoms with Gasteiger partial charge in [-0.05, 0) is 13.8 Å². The van der Waals surface area contributed by atoms with E-state index in [1.54, 1.807) is 13.8 Å². The first-order valence-corrected chi connectivity index (χ1v) is 3.71. The molecule has 0 aromatic carbocycles. The third-order valence-electron chi connectivity index (χ3n) is 0.865. The summed E-state index contributed by atoms with van der Waals surface area (Å²) in [5.41, 5.74) is 0. The van der Waals surface area contributed by atoms with Crippen LogP contribution in [-0.4, -0.2) is 11.2 Å². The molecule has 4 N–H and O–H groups in total. The molecule has 0 aliphatic heterocycles. The molecular weight excluding hydrogens is 406 g/mol. The van der Waals surface area contributed by atoms with E-state index in [2.05, 4.69) is 0 Å². The number of rotatable bonds is 0. The van der Waals surface area contributed by atoms with Crippen molar-refractivity contribution in [2.24, 2.45) is 7.05 Å². The molecule has 0 saturated carbocycles. The van der Waals surface area contributed by atoms with Crippen LogP contribution in [0.15, 0.2) is 30.6 Å². The Bertz CT molecular complexity index is 181. The van der Waals surface area contributed by atoms with Crippen molar-refractivity contribution in [3.63, 3.8) is 0 Å². The van der Waals surface area contributed by atoms with Gasteiger partial charge in [0.25, 0.3) is 0 Å². The van der Waals surface area contributed by atoms with Crippen molar-refractivity contribution in [3.8, 4) is 0 Å². The van der Waals surface area contributed by atoms with E-state index in [1.165, 1.54) is 0 Å². The van der Waals surface area contributed by atoms with E-state index in [1.807, 2.05) is 42.2 Å². The summed E-state index contributed by atoms with van der Waals surface area (Å²) in [6.07, 6.45) is 3.83. The Morgan fingerprint density at radius 2 is 1.36 bits per heavy atom. The summed E-state index contributed by atoms with van der Waals surface area (Å²) in [6, 6.07) is 6.00. The molecule has 1 aromatic heterocycles. The molecule has 0 bridgehead atoms. The summed E-state index contributed by atoms with van der Waals surface area (Å²) in [6.45, 7) is 3.44. The van der Waals surface area contributed by atoms with E-state index in [9.17, 15) is 0 Å². The lowest BCUT2D eigenvalue weighted by Crippen LogP contribution is -3.00. The fourth-order valence-corrected chi connectivity index (χ4v) is 0.485. The number of aromatic nitrogens is 1. The zero-order valence-corrected chi connectivity index (χ0v) is 13.3. The van der Waals surface area contributed by atoms with Crippen LogP contribution in [0.3, 0.4) is 0 Å². The van der Waals surface area contributed by atoms with Crippen molar-refractivity contribution in [1.82, 2.24) is 6.15 Å². The zero-order chi connectivity index (χ0) is 8.69. The number of aryl methyl sites for hydroxylation is 1. The highest BCUT2D eigenvalue weighted by Gasteiger charge is 1.78. The fraction of sp³-hybridized carbons (Fsp3) is 0.444. The smallest absolute Gasteiger partial charge is 0.168 e. The second kappa shape index (κ2) is 16.0. The summed E-state index contributed by atoms with van der Waals surface area (Å²) in [7, 11) is 2.00. The van der Waals surface area contributed by atoms with Gasteiger partial charge in [-0.25, -0.2) is 4.57 Å². The molecule has 14 heavy (non-hydrogen) atoms. The van der Waals surface area contributed by atoms with Gasteiger partial charge >= 0.3 is 0 Å². The van der Waals surface area contributed by atoms with Gasteiger partial charge < -0.3 is 35.2 Å². The molecule has 0 unspecified atom stereocenters. The lowest BCUT2D eigenvalue weighted by atomic mass is 10.5. The van der Waals surface area contributed by atoms with Crippen LogP contribution >= 0.6 is 24.0 Å². The zero-order valence-electron chi connectivity index (χ0n) is 8.85. The van der Waals surface area contributed by atoms with E-state index in [0.717, 1.165) is 0 Å². The molecule has 0 radical (unpaired) electrons. The van der Waals surface area contributed by atoms with Crippen LogP contribution in [-0.2, 0) is 7.05 Å². The van der Waals surface area contributed by atoms with Crippen LogP contribution in [0.5, 0.6) is 0 Å². The van der Waals surface area contributed by atoms with Crippen LogP contribution in [0.1, 0.15) is 13.8 Å². The minimum atomic E-state index is -0.167. The average molecular weight is 426 g/mol. The number of nitrogens with zero attached hydrogens (tertiary/aromatic N) is 1. The van der Waals surface area contributed by atoms with E-state index in [0.29, 0.717) is 0 Å². The Kier molecular flexibility index (Phi) is 27.4. The van der Waals surface area contributed by atoms with Crippen LogP contribution < -0.4 is 34.7 Å². The summed E-state index contributed by atoms with van der Waals surface area (Å²) in [5, 5.41) is 8.06. The van der Waals surface area contributed by atoms with Crippen molar-refractivity contribution in [2.45, 2.75) is 20.0 Å². The highest BCUT2D eigenvalue weighted by molar-refractivity contribution is 14.0. The second-order valence-electron chi connectivity index (χ2n) is 2.63. The quantitative estimate of drug-likeness (QED) is 0.400. The van der Waals surface area contributed by atoms with Gasteiger partial charge in [-0.2, -0.15) is 0 Å². The largest absolute Gasteiger partial charge is 1.00 e. The first-order chi connectivity index (χ1) is 5.13. The minimum Gasteiger partial charge on any atom is -1.00 e. The molecule has 0 saturated heterocycles. The molecule has 0 atom stereocenters. The predicted molar refractivity (Wildman–Crippen MR) is 65.4 cm³/mol. The van der Waals surface area contributed by atoms with Crippen LogP contribution in [0.2, 0.25) is 0 Å². The van der Waals surface area contributed by atoms with Crippen LogP contribution in [0, 0.1) is 0 Å². The summed E-state index contributed by atoms with van der Waals surface area (Å²) < 4.78 is 2.00. The molecule has 0 aliphatic carbocycles. The lowest BCUT2D eigenvalue weighted by molar-refractivity contribution is -0.671. The van der Waals surface area contributed by atoms with Crippen molar-refractivity contribution < 1.29 is 33.7 Å². The average Bonchev–Trinajstić information content (AvgIpc) is 1.87. The number of aliphatic hydroxyl groups is 1. The maximum absolute atomic E-state index is 8.06. The lowest BCUT2D eigenvalue weighted by Gasteiger charge is -1.80. The number of hydrogen-bond acceptors (Lipinski definition) is 2. The topological polar surface area (TPSA) is 59.1 Å². The molecule has 1 rings (SSSR count). The Morgan fingerprint density at radius 3 is 1.50 bits per heavy atom. The summed E-state index contributed by atoms with van der Waals surface area (Å²) >= 11 is 0. The third-order valence-corrected chi connectivity index (χ3v) is 0.865. The number of pyridine rings is 1. The van der Waals surface area contributed by atoms with Crippen molar-refractivity contribution >= 4 is 24.0 Å². The maximum Gasteiger partial charge on any atom is 0.168 e. The van der Waals surface area contributed by atoms with Crippen LogP contribution in [0.4, 0.5) is 0 Å². The highest BCUT2D eigenvalue weighted by Crippen LogP contribution is 1.71. The molecule has 5 heteroatoms. The minimum absolute atomic E-state index is 0. The monoisotopic (exact) mass is 426 g/mol. The number of hydrogen-bond donors (Lipinski definition) is 2. The molecule has 86 valence electrons. The van der Waals surface area contributed by atoms with Gasteiger partial charge in [-0.15, -0.1) is 24.0 Å². The molecule has 1 heterocycles. The Morgan fingerprint density at radius 1 is 1.07 bits per heavy atom. The molecule has 1 aromatic rings. The molecule has 0 amide bonds. The van der Waals surface area contributed by atoms with Crippen molar-refractivity contribution in [1.29, 1.82) is 0 Å². The molecule has 0 aliphatic rings. The Balaban J connectivity index is -0.0000000650. The third kappa shape index (κ3) is 22.9. The van der Waals surface area contributed by atoms with Gasteiger partial charge in [0.05, 0.1) is 0 Å². The standard InChI is InChI=1S/C6H8N.C3H8O.2HI.H3N/c1-7-5-3-2-4-6-7;1-3(2)4;;;/h2-6H,1H3;3-4H,1-2H3;2*1H;1H3/q+1;;;;/p-1. The highest BCUT2D eigenvalue weighted by atomic mass is 127. The van der Waals surface area contributed by atoms with E-state index >= 15 is 0 Å². The first-order valence-electron chi connectivity index (χ1n) is 3.71. The van der Waals surface area contributed by atoms with Gasteiger partial charge in [-0.3, -0.25) is 0 Å². The molecule has 3 nitrogen and oxygen atoms in total. The van der Waals surface area contributed by atoms with Crippen molar-refractivity contribution in [2.75, 3.05) is 0 Å². The number of aliphatic hydroxyl groups excluding tert-OH is 1. The van der Waals surface area contributed by atoms with Crippen LogP contribution in [0.25, 0.3) is 0 Å². The fourth-order valence-electron chi connectivity index (χ4n) is 0.485. The van der Waals surface area contributed by atoms with E-state index in [-0.39, 0.29) is 60.2 Å². The predicted octanol–water partition coefficient (Wildman–Crippen LogP) is -1.32. The number of halogens is 2. The van der Waals surface area contributed by atoms with E-state index < -0.39 is 0 Å². The van der Waals surface area contributed by atoms with Crippen molar-refractivity contribution in [3.05, 3.63) is 30.6 Å². The second-order valence-corrected chi connectivity index (χ2v) is 2.63. The molecule has 0 fully saturated rings. The maximum atomic E-state index is 8.06. The van der Waals surface area contributed by atoms with Gasteiger partial charge in [0.2, 0.25) is 0 Å². The Hall–Kier alpha value is 0.530. The SMILES string of the molecule is CC(C)O.C[n+]1ccccc1.I.N.[I-]. The summed E-state index contributed by atoms with van der Waals surface area (Å²) in [4.78, 5) is 0. The Labute approximate surface area is 121 Å². The van der Waals surface area contributed by atoms with Gasteiger partial charge in [0.1, 0.15) is 7.05 Å². The first kappa shape index (κ1) is 24.0. The van der Waals surface area contributed by atoms with E-state index in [4.69, 9.17) is 5.11 Å². The van der Waals surface area contributed by atoms with Gasteiger partial charge in [0.15, 0.2) is 12.4 Å². The summed E-state index contributed by atoms with van der Waals surface area (Å²) in [5.74, 6) is 0. The van der Waals surface area contributed by atoms with Gasteiger partial charge in [-0.1, -0.05) is 6.07 Å². The van der Waals surface area contributed by atoms with Gasteiger partial charge in [0, 0.05) is 18.2 Å². The normalized spacial score (nSPS) is 6.93.